The first kappa shape index (κ1) is 13.1. The fraction of sp³-hybridized carbons (Fsp3) is 0.133. The summed E-state index contributed by atoms with van der Waals surface area (Å²) in [7, 11) is 1.74. The molecule has 1 amide bonds. The zero-order valence-electron chi connectivity index (χ0n) is 11.7. The molecule has 0 bridgehead atoms. The monoisotopic (exact) mass is 282 g/mol. The maximum Gasteiger partial charge on any atom is 0.273 e. The molecule has 0 atom stereocenters. The largest absolute Gasteiger partial charge is 0.445 e. The zero-order chi connectivity index (χ0) is 14.8. The van der Waals surface area contributed by atoms with Crippen molar-refractivity contribution < 1.29 is 9.21 Å². The summed E-state index contributed by atoms with van der Waals surface area (Å²) in [6.07, 6.45) is 3.10. The highest BCUT2D eigenvalue weighted by molar-refractivity contribution is 6.03. The van der Waals surface area contributed by atoms with E-state index in [9.17, 15) is 4.79 Å². The molecule has 6 nitrogen and oxygen atoms in total. The van der Waals surface area contributed by atoms with Crippen LogP contribution >= 0.6 is 0 Å². The minimum atomic E-state index is -0.206. The van der Waals surface area contributed by atoms with Gasteiger partial charge in [-0.25, -0.2) is 4.98 Å². The number of carbonyl (C=O) groups excluding carboxylic acids is 1. The molecule has 2 aromatic heterocycles. The second-order valence-electron chi connectivity index (χ2n) is 4.67. The van der Waals surface area contributed by atoms with Crippen molar-refractivity contribution in [1.29, 1.82) is 0 Å². The van der Waals surface area contributed by atoms with Crippen LogP contribution in [0.25, 0.3) is 11.5 Å². The van der Waals surface area contributed by atoms with Gasteiger partial charge in [0.15, 0.2) is 0 Å². The summed E-state index contributed by atoms with van der Waals surface area (Å²) in [4.78, 5) is 16.3. The van der Waals surface area contributed by atoms with Gasteiger partial charge in [0.1, 0.15) is 12.0 Å². The third-order valence-corrected chi connectivity index (χ3v) is 3.03. The topological polar surface area (TPSA) is 73.0 Å². The molecule has 1 aromatic carbocycles. The average molecular weight is 282 g/mol. The van der Waals surface area contributed by atoms with Gasteiger partial charge in [0, 0.05) is 18.3 Å². The van der Waals surface area contributed by atoms with E-state index in [2.05, 4.69) is 15.4 Å². The normalized spacial score (nSPS) is 10.6. The molecule has 0 saturated heterocycles. The van der Waals surface area contributed by atoms with Crippen LogP contribution < -0.4 is 5.32 Å². The highest BCUT2D eigenvalue weighted by Crippen LogP contribution is 2.21. The number of rotatable bonds is 3. The summed E-state index contributed by atoms with van der Waals surface area (Å²) in [6, 6.07) is 9.08. The van der Waals surface area contributed by atoms with Crippen LogP contribution in [0.1, 0.15) is 16.2 Å². The van der Waals surface area contributed by atoms with Crippen LogP contribution in [0.5, 0.6) is 0 Å². The molecule has 3 rings (SSSR count). The lowest BCUT2D eigenvalue weighted by Crippen LogP contribution is -2.16. The second kappa shape index (κ2) is 5.24. The van der Waals surface area contributed by atoms with Gasteiger partial charge in [-0.15, -0.1) is 0 Å². The van der Waals surface area contributed by atoms with E-state index in [-0.39, 0.29) is 5.91 Å². The molecular formula is C15H14N4O2. The number of aryl methyl sites for hydroxylation is 2. The Morgan fingerprint density at radius 2 is 2.19 bits per heavy atom. The van der Waals surface area contributed by atoms with Crippen molar-refractivity contribution in [3.05, 3.63) is 54.2 Å². The number of aromatic nitrogens is 3. The highest BCUT2D eigenvalue weighted by Gasteiger charge is 2.12. The molecule has 0 radical (unpaired) electrons. The summed E-state index contributed by atoms with van der Waals surface area (Å²) in [5.41, 5.74) is 2.79. The lowest BCUT2D eigenvalue weighted by atomic mass is 10.2. The number of nitrogens with zero attached hydrogens (tertiary/aromatic N) is 3. The summed E-state index contributed by atoms with van der Waals surface area (Å²) in [5.74, 6) is 0.310. The maximum atomic E-state index is 12.2. The zero-order valence-corrected chi connectivity index (χ0v) is 11.7. The minimum absolute atomic E-state index is 0.206. The first-order chi connectivity index (χ1) is 10.1. The number of hydrogen-bond donors (Lipinski definition) is 1. The van der Waals surface area contributed by atoms with Crippen LogP contribution in [0.3, 0.4) is 0 Å². The molecule has 0 aliphatic carbocycles. The molecule has 3 aromatic rings. The smallest absolute Gasteiger partial charge is 0.273 e. The SMILES string of the molecule is Cc1cc(C(=O)Nc2cccc(-c3ncco3)c2)n(C)n1. The first-order valence-corrected chi connectivity index (χ1v) is 6.45. The molecule has 0 saturated carbocycles. The van der Waals surface area contributed by atoms with Crippen LogP contribution in [0, 0.1) is 6.92 Å². The Morgan fingerprint density at radius 3 is 2.86 bits per heavy atom. The molecule has 0 spiro atoms. The number of hydrogen-bond acceptors (Lipinski definition) is 4. The van der Waals surface area contributed by atoms with Gasteiger partial charge < -0.3 is 9.73 Å². The predicted octanol–water partition coefficient (Wildman–Crippen LogP) is 2.64. The van der Waals surface area contributed by atoms with E-state index in [0.717, 1.165) is 11.3 Å². The molecule has 0 aliphatic rings. The molecule has 0 fully saturated rings. The number of carbonyl (C=O) groups is 1. The number of oxazole rings is 1. The van der Waals surface area contributed by atoms with E-state index in [0.29, 0.717) is 17.3 Å². The van der Waals surface area contributed by atoms with Crippen molar-refractivity contribution in [3.8, 4) is 11.5 Å². The Bertz CT molecular complexity index is 775. The van der Waals surface area contributed by atoms with E-state index in [1.807, 2.05) is 31.2 Å². The number of amides is 1. The van der Waals surface area contributed by atoms with Gasteiger partial charge >= 0.3 is 0 Å². The standard InChI is InChI=1S/C15H14N4O2/c1-10-8-13(19(2)18-10)14(20)17-12-5-3-4-11(9-12)15-16-6-7-21-15/h3-9H,1-2H3,(H,17,20). The fourth-order valence-electron chi connectivity index (χ4n) is 2.11. The molecule has 0 unspecified atom stereocenters. The second-order valence-corrected chi connectivity index (χ2v) is 4.67. The van der Waals surface area contributed by atoms with Crippen molar-refractivity contribution in [2.45, 2.75) is 6.92 Å². The molecule has 1 N–H and O–H groups in total. The van der Waals surface area contributed by atoms with Gasteiger partial charge in [-0.05, 0) is 31.2 Å². The van der Waals surface area contributed by atoms with E-state index < -0.39 is 0 Å². The van der Waals surface area contributed by atoms with Crippen molar-refractivity contribution in [2.24, 2.45) is 7.05 Å². The number of nitrogens with one attached hydrogen (secondary N) is 1. The van der Waals surface area contributed by atoms with E-state index in [1.165, 1.54) is 6.26 Å². The van der Waals surface area contributed by atoms with Gasteiger partial charge in [0.25, 0.3) is 5.91 Å². The van der Waals surface area contributed by atoms with Crippen LogP contribution in [0.4, 0.5) is 5.69 Å². The Kier molecular flexibility index (Phi) is 3.27. The molecule has 0 aliphatic heterocycles. The third-order valence-electron chi connectivity index (χ3n) is 3.03. The average Bonchev–Trinajstić information content (AvgIpc) is 3.08. The molecule has 6 heteroatoms. The van der Waals surface area contributed by atoms with Crippen LogP contribution in [-0.4, -0.2) is 20.7 Å². The van der Waals surface area contributed by atoms with Crippen molar-refractivity contribution in [3.63, 3.8) is 0 Å². The minimum Gasteiger partial charge on any atom is -0.445 e. The van der Waals surface area contributed by atoms with Gasteiger partial charge in [0.2, 0.25) is 5.89 Å². The maximum absolute atomic E-state index is 12.2. The van der Waals surface area contributed by atoms with Crippen LogP contribution in [-0.2, 0) is 7.05 Å². The Balaban J connectivity index is 1.84. The molecular weight excluding hydrogens is 268 g/mol. The van der Waals surface area contributed by atoms with Gasteiger partial charge in [-0.3, -0.25) is 9.48 Å². The molecule has 106 valence electrons. The number of anilines is 1. The fourth-order valence-corrected chi connectivity index (χ4v) is 2.11. The molecule has 21 heavy (non-hydrogen) atoms. The Morgan fingerprint density at radius 1 is 1.33 bits per heavy atom. The van der Waals surface area contributed by atoms with Gasteiger partial charge in [0.05, 0.1) is 11.9 Å². The Labute approximate surface area is 121 Å². The third kappa shape index (κ3) is 2.69. The van der Waals surface area contributed by atoms with Gasteiger partial charge in [-0.2, -0.15) is 5.10 Å². The first-order valence-electron chi connectivity index (χ1n) is 6.45. The predicted molar refractivity (Wildman–Crippen MR) is 77.8 cm³/mol. The summed E-state index contributed by atoms with van der Waals surface area (Å²) in [5, 5.41) is 7.01. The van der Waals surface area contributed by atoms with Gasteiger partial charge in [-0.1, -0.05) is 6.07 Å². The lowest BCUT2D eigenvalue weighted by molar-refractivity contribution is 0.101. The quantitative estimate of drug-likeness (QED) is 0.801. The summed E-state index contributed by atoms with van der Waals surface area (Å²) < 4.78 is 6.81. The van der Waals surface area contributed by atoms with Crippen molar-refractivity contribution >= 4 is 11.6 Å². The van der Waals surface area contributed by atoms with Crippen LogP contribution in [0.15, 0.2) is 47.2 Å². The number of benzene rings is 1. The Hall–Kier alpha value is -2.89. The highest BCUT2D eigenvalue weighted by atomic mass is 16.3. The lowest BCUT2D eigenvalue weighted by Gasteiger charge is -2.06. The van der Waals surface area contributed by atoms with E-state index >= 15 is 0 Å². The summed E-state index contributed by atoms with van der Waals surface area (Å²) >= 11 is 0. The van der Waals surface area contributed by atoms with E-state index in [4.69, 9.17) is 4.42 Å². The molecule has 2 heterocycles. The van der Waals surface area contributed by atoms with Crippen LogP contribution in [0.2, 0.25) is 0 Å². The van der Waals surface area contributed by atoms with E-state index in [1.54, 1.807) is 24.0 Å². The van der Waals surface area contributed by atoms with Crippen molar-refractivity contribution in [1.82, 2.24) is 14.8 Å². The van der Waals surface area contributed by atoms with Crippen molar-refractivity contribution in [2.75, 3.05) is 5.32 Å². The summed E-state index contributed by atoms with van der Waals surface area (Å²) in [6.45, 7) is 1.85.